The molecule has 0 aromatic heterocycles. The van der Waals surface area contributed by atoms with E-state index in [1.807, 2.05) is 0 Å². The van der Waals surface area contributed by atoms with Crippen LogP contribution in [0.2, 0.25) is 5.02 Å². The van der Waals surface area contributed by atoms with E-state index in [4.69, 9.17) is 16.3 Å². The van der Waals surface area contributed by atoms with Crippen molar-refractivity contribution in [2.75, 3.05) is 46.9 Å². The summed E-state index contributed by atoms with van der Waals surface area (Å²) in [6.07, 6.45) is 2.16. The third-order valence-corrected chi connectivity index (χ3v) is 5.43. The maximum absolute atomic E-state index is 13.3. The van der Waals surface area contributed by atoms with E-state index in [-0.39, 0.29) is 11.2 Å². The highest BCUT2D eigenvalue weighted by molar-refractivity contribution is 6.31. The van der Waals surface area contributed by atoms with Crippen LogP contribution in [0.15, 0.2) is 23.2 Å². The highest BCUT2D eigenvalue weighted by atomic mass is 35.5. The molecule has 27 heavy (non-hydrogen) atoms. The van der Waals surface area contributed by atoms with Gasteiger partial charge >= 0.3 is 0 Å². The first kappa shape index (κ1) is 21.9. The quantitative estimate of drug-likeness (QED) is 0.547. The van der Waals surface area contributed by atoms with Crippen LogP contribution in [-0.2, 0) is 10.2 Å². The van der Waals surface area contributed by atoms with Crippen molar-refractivity contribution in [1.29, 1.82) is 0 Å². The standard InChI is InChI=1S/C20H32ClFN4O/c1-20(2,17-6-5-15(22)13-18(17)21)14-24-19(23-3)25-16-7-9-26(10-8-16)11-12-27-4/h5-6,13,16H,7-12,14H2,1-4H3,(H2,23,24,25). The molecule has 1 heterocycles. The lowest BCUT2D eigenvalue weighted by Gasteiger charge is -2.33. The van der Waals surface area contributed by atoms with Gasteiger partial charge in [-0.05, 0) is 30.5 Å². The molecule has 1 saturated heterocycles. The van der Waals surface area contributed by atoms with Crippen LogP contribution in [0.4, 0.5) is 4.39 Å². The lowest BCUT2D eigenvalue weighted by atomic mass is 9.84. The van der Waals surface area contributed by atoms with Gasteiger partial charge < -0.3 is 20.3 Å². The Morgan fingerprint density at radius 2 is 2.07 bits per heavy atom. The number of hydrogen-bond donors (Lipinski definition) is 2. The van der Waals surface area contributed by atoms with E-state index in [1.165, 1.54) is 12.1 Å². The number of aliphatic imine (C=N–C) groups is 1. The maximum Gasteiger partial charge on any atom is 0.191 e. The number of guanidine groups is 1. The van der Waals surface area contributed by atoms with Crippen LogP contribution in [0, 0.1) is 5.82 Å². The molecule has 0 bridgehead atoms. The summed E-state index contributed by atoms with van der Waals surface area (Å²) < 4.78 is 18.5. The number of methoxy groups -OCH3 is 1. The van der Waals surface area contributed by atoms with Crippen molar-refractivity contribution in [1.82, 2.24) is 15.5 Å². The lowest BCUT2D eigenvalue weighted by molar-refractivity contribution is 0.128. The van der Waals surface area contributed by atoms with E-state index < -0.39 is 0 Å². The Kier molecular flexibility index (Phi) is 8.32. The molecule has 0 saturated carbocycles. The van der Waals surface area contributed by atoms with Crippen LogP contribution in [0.3, 0.4) is 0 Å². The molecular formula is C20H32ClFN4O. The Bertz CT molecular complexity index is 630. The number of rotatable bonds is 7. The molecule has 0 aliphatic carbocycles. The average Bonchev–Trinajstić information content (AvgIpc) is 2.64. The zero-order valence-electron chi connectivity index (χ0n) is 16.8. The first-order valence-corrected chi connectivity index (χ1v) is 9.87. The molecule has 0 spiro atoms. The minimum atomic E-state index is -0.318. The highest BCUT2D eigenvalue weighted by Crippen LogP contribution is 2.29. The summed E-state index contributed by atoms with van der Waals surface area (Å²) in [7, 11) is 3.52. The van der Waals surface area contributed by atoms with Crippen LogP contribution in [0.5, 0.6) is 0 Å². The van der Waals surface area contributed by atoms with E-state index in [1.54, 1.807) is 20.2 Å². The molecule has 0 unspecified atom stereocenters. The van der Waals surface area contributed by atoms with Gasteiger partial charge in [-0.15, -0.1) is 0 Å². The van der Waals surface area contributed by atoms with Crippen LogP contribution in [-0.4, -0.2) is 63.8 Å². The molecule has 0 radical (unpaired) electrons. The van der Waals surface area contributed by atoms with Gasteiger partial charge in [0.15, 0.2) is 5.96 Å². The fourth-order valence-corrected chi connectivity index (χ4v) is 3.77. The normalized spacial score (nSPS) is 17.2. The first-order chi connectivity index (χ1) is 12.9. The fourth-order valence-electron chi connectivity index (χ4n) is 3.35. The molecule has 1 fully saturated rings. The van der Waals surface area contributed by atoms with E-state index in [9.17, 15) is 4.39 Å². The average molecular weight is 399 g/mol. The molecule has 7 heteroatoms. The second kappa shape index (κ2) is 10.2. The maximum atomic E-state index is 13.3. The van der Waals surface area contributed by atoms with Crippen LogP contribution < -0.4 is 10.6 Å². The Morgan fingerprint density at radius 1 is 1.37 bits per heavy atom. The largest absolute Gasteiger partial charge is 0.383 e. The molecule has 152 valence electrons. The van der Waals surface area contributed by atoms with Crippen molar-refractivity contribution in [2.24, 2.45) is 4.99 Å². The predicted octanol–water partition coefficient (Wildman–Crippen LogP) is 3.03. The van der Waals surface area contributed by atoms with Crippen molar-refractivity contribution in [3.05, 3.63) is 34.6 Å². The molecule has 0 amide bonds. The van der Waals surface area contributed by atoms with E-state index >= 15 is 0 Å². The van der Waals surface area contributed by atoms with Crippen LogP contribution in [0.1, 0.15) is 32.3 Å². The second-order valence-electron chi connectivity index (χ2n) is 7.69. The van der Waals surface area contributed by atoms with Gasteiger partial charge in [0.05, 0.1) is 6.61 Å². The molecule has 0 atom stereocenters. The van der Waals surface area contributed by atoms with E-state index in [0.29, 0.717) is 17.6 Å². The second-order valence-corrected chi connectivity index (χ2v) is 8.09. The summed E-state index contributed by atoms with van der Waals surface area (Å²) in [5, 5.41) is 7.37. The first-order valence-electron chi connectivity index (χ1n) is 9.49. The third-order valence-electron chi connectivity index (χ3n) is 5.12. The number of nitrogens with zero attached hydrogens (tertiary/aromatic N) is 2. The SMILES string of the molecule is CN=C(NCC(C)(C)c1ccc(F)cc1Cl)NC1CCN(CCOC)CC1. The number of nitrogens with one attached hydrogen (secondary N) is 2. The summed E-state index contributed by atoms with van der Waals surface area (Å²) >= 11 is 6.24. The lowest BCUT2D eigenvalue weighted by Crippen LogP contribution is -2.50. The number of likely N-dealkylation sites (tertiary alicyclic amines) is 1. The molecule has 1 aromatic carbocycles. The molecule has 2 N–H and O–H groups in total. The van der Waals surface area contributed by atoms with Gasteiger partial charge in [0.2, 0.25) is 0 Å². The fraction of sp³-hybridized carbons (Fsp3) is 0.650. The Labute approximate surface area is 167 Å². The van der Waals surface area contributed by atoms with Crippen molar-refractivity contribution < 1.29 is 9.13 Å². The van der Waals surface area contributed by atoms with Gasteiger partial charge in [0.25, 0.3) is 0 Å². The number of hydrogen-bond acceptors (Lipinski definition) is 3. The summed E-state index contributed by atoms with van der Waals surface area (Å²) in [4.78, 5) is 6.78. The number of halogens is 2. The van der Waals surface area contributed by atoms with E-state index in [0.717, 1.165) is 50.6 Å². The smallest absolute Gasteiger partial charge is 0.191 e. The molecule has 1 aromatic rings. The number of ether oxygens (including phenoxy) is 1. The minimum absolute atomic E-state index is 0.258. The Morgan fingerprint density at radius 3 is 2.67 bits per heavy atom. The molecular weight excluding hydrogens is 367 g/mol. The van der Waals surface area contributed by atoms with Crippen molar-refractivity contribution >= 4 is 17.6 Å². The van der Waals surface area contributed by atoms with Gasteiger partial charge in [0.1, 0.15) is 5.82 Å². The number of piperidine rings is 1. The molecule has 1 aliphatic rings. The minimum Gasteiger partial charge on any atom is -0.383 e. The molecule has 2 rings (SSSR count). The van der Waals surface area contributed by atoms with Crippen LogP contribution in [0.25, 0.3) is 0 Å². The monoisotopic (exact) mass is 398 g/mol. The molecule has 1 aliphatic heterocycles. The van der Waals surface area contributed by atoms with Crippen molar-refractivity contribution in [3.63, 3.8) is 0 Å². The molecule has 5 nitrogen and oxygen atoms in total. The van der Waals surface area contributed by atoms with Crippen molar-refractivity contribution in [3.8, 4) is 0 Å². The van der Waals surface area contributed by atoms with Gasteiger partial charge in [0, 0.05) is 56.8 Å². The summed E-state index contributed by atoms with van der Waals surface area (Å²) in [5.74, 6) is 0.471. The van der Waals surface area contributed by atoms with Gasteiger partial charge in [-0.25, -0.2) is 4.39 Å². The number of benzene rings is 1. The van der Waals surface area contributed by atoms with Gasteiger partial charge in [-0.1, -0.05) is 31.5 Å². The van der Waals surface area contributed by atoms with E-state index in [2.05, 4.69) is 34.4 Å². The Balaban J connectivity index is 1.85. The zero-order chi connectivity index (χ0) is 19.9. The zero-order valence-corrected chi connectivity index (χ0v) is 17.6. The Hall–Kier alpha value is -1.37. The van der Waals surface area contributed by atoms with Crippen molar-refractivity contribution in [2.45, 2.75) is 38.1 Å². The summed E-state index contributed by atoms with van der Waals surface area (Å²) in [6.45, 7) is 8.71. The predicted molar refractivity (Wildman–Crippen MR) is 110 cm³/mol. The highest BCUT2D eigenvalue weighted by Gasteiger charge is 2.25. The van der Waals surface area contributed by atoms with Gasteiger partial charge in [-0.2, -0.15) is 0 Å². The summed E-state index contributed by atoms with van der Waals surface area (Å²) in [6, 6.07) is 4.98. The van der Waals surface area contributed by atoms with Gasteiger partial charge in [-0.3, -0.25) is 4.99 Å². The summed E-state index contributed by atoms with van der Waals surface area (Å²) in [5.41, 5.74) is 0.659. The third kappa shape index (κ3) is 6.63. The topological polar surface area (TPSA) is 48.9 Å². The van der Waals surface area contributed by atoms with Crippen LogP contribution >= 0.6 is 11.6 Å².